The molecule has 16 heavy (non-hydrogen) atoms. The summed E-state index contributed by atoms with van der Waals surface area (Å²) in [5.74, 6) is -7.44. The maximum atomic E-state index is 12.8. The van der Waals surface area contributed by atoms with Crippen LogP contribution < -0.4 is 9.47 Å². The molecule has 0 aromatic carbocycles. The second-order valence-electron chi connectivity index (χ2n) is 2.91. The molecule has 0 saturated heterocycles. The Kier molecular flexibility index (Phi) is 2.10. The number of hydrogen-bond acceptors (Lipinski definition) is 3. The van der Waals surface area contributed by atoms with E-state index in [1.165, 1.54) is 0 Å². The van der Waals surface area contributed by atoms with E-state index in [1.807, 2.05) is 0 Å². The zero-order chi connectivity index (χ0) is 12.2. The van der Waals surface area contributed by atoms with Crippen LogP contribution in [0.1, 0.15) is 0 Å². The quantitative estimate of drug-likeness (QED) is 0.669. The number of thiophene rings is 1. The first-order chi connectivity index (χ1) is 7.17. The van der Waals surface area contributed by atoms with Gasteiger partial charge in [0.2, 0.25) is 0 Å². The van der Waals surface area contributed by atoms with E-state index in [4.69, 9.17) is 0 Å². The molecule has 1 aliphatic heterocycles. The van der Waals surface area contributed by atoms with Crippen molar-refractivity contribution in [2.75, 3.05) is 0 Å². The van der Waals surface area contributed by atoms with Crippen LogP contribution in [0.5, 0.6) is 11.5 Å². The molecule has 0 atom stereocenters. The fourth-order valence-electron chi connectivity index (χ4n) is 0.996. The second kappa shape index (κ2) is 2.96. The molecule has 0 saturated carbocycles. The lowest BCUT2D eigenvalue weighted by Gasteiger charge is -2.27. The number of fused-ring (bicyclic) bond motifs is 1. The Morgan fingerprint density at radius 2 is 1.19 bits per heavy atom. The zero-order valence-electron chi connectivity index (χ0n) is 7.15. The van der Waals surface area contributed by atoms with E-state index in [0.29, 0.717) is 11.3 Å². The number of halogens is 6. The van der Waals surface area contributed by atoms with Crippen LogP contribution in [-0.2, 0) is 0 Å². The number of alkyl halides is 6. The van der Waals surface area contributed by atoms with Gasteiger partial charge in [-0.2, -0.15) is 26.3 Å². The highest BCUT2D eigenvalue weighted by Gasteiger charge is 2.78. The van der Waals surface area contributed by atoms with Gasteiger partial charge in [-0.3, -0.25) is 0 Å². The van der Waals surface area contributed by atoms with Crippen LogP contribution in [0.3, 0.4) is 0 Å². The molecule has 0 bridgehead atoms. The molecule has 2 nitrogen and oxygen atoms in total. The van der Waals surface area contributed by atoms with Gasteiger partial charge >= 0.3 is 18.1 Å². The van der Waals surface area contributed by atoms with Crippen molar-refractivity contribution in [2.24, 2.45) is 0 Å². The Balaban J connectivity index is 2.55. The molecule has 90 valence electrons. The van der Waals surface area contributed by atoms with Gasteiger partial charge in [0, 0.05) is 10.8 Å². The van der Waals surface area contributed by atoms with Crippen molar-refractivity contribution in [3.05, 3.63) is 10.8 Å². The predicted octanol–water partition coefficient (Wildman–Crippen LogP) is 3.34. The molecule has 1 aromatic heterocycles. The van der Waals surface area contributed by atoms with Crippen LogP contribution in [0, 0.1) is 0 Å². The van der Waals surface area contributed by atoms with Crippen LogP contribution in [0.2, 0.25) is 0 Å². The van der Waals surface area contributed by atoms with Gasteiger partial charge in [0.15, 0.2) is 11.5 Å². The van der Waals surface area contributed by atoms with Crippen molar-refractivity contribution < 1.29 is 35.8 Å². The van der Waals surface area contributed by atoms with Crippen molar-refractivity contribution in [3.63, 3.8) is 0 Å². The topological polar surface area (TPSA) is 18.5 Å². The van der Waals surface area contributed by atoms with E-state index in [-0.39, 0.29) is 0 Å². The molecule has 0 N–H and O–H groups in total. The Morgan fingerprint density at radius 3 is 1.56 bits per heavy atom. The van der Waals surface area contributed by atoms with Crippen molar-refractivity contribution in [3.8, 4) is 11.5 Å². The van der Waals surface area contributed by atoms with Crippen LogP contribution in [0.4, 0.5) is 26.3 Å². The maximum absolute atomic E-state index is 12.8. The summed E-state index contributed by atoms with van der Waals surface area (Å²) in [6.07, 6.45) is -10.7. The lowest BCUT2D eigenvalue weighted by atomic mass is 10.3. The van der Waals surface area contributed by atoms with Crippen molar-refractivity contribution in [1.29, 1.82) is 0 Å². The van der Waals surface area contributed by atoms with E-state index in [2.05, 4.69) is 9.47 Å². The zero-order valence-corrected chi connectivity index (χ0v) is 7.96. The Morgan fingerprint density at radius 1 is 0.812 bits per heavy atom. The largest absolute Gasteiger partial charge is 0.475 e. The SMILES string of the molecule is FC1(F)Oc2cscc2OC(F)(F)C1(F)F. The van der Waals surface area contributed by atoms with Gasteiger partial charge in [-0.1, -0.05) is 0 Å². The molecule has 9 heteroatoms. The molecule has 0 radical (unpaired) electrons. The van der Waals surface area contributed by atoms with Gasteiger partial charge < -0.3 is 9.47 Å². The molecular formula is C7H2F6O2S. The number of hydrogen-bond donors (Lipinski definition) is 0. The van der Waals surface area contributed by atoms with Crippen molar-refractivity contribution >= 4 is 11.3 Å². The lowest BCUT2D eigenvalue weighted by Crippen LogP contribution is -2.58. The summed E-state index contributed by atoms with van der Waals surface area (Å²) in [6, 6.07) is 0. The molecule has 2 rings (SSSR count). The highest BCUT2D eigenvalue weighted by atomic mass is 32.1. The first-order valence-electron chi connectivity index (χ1n) is 3.75. The first-order valence-corrected chi connectivity index (χ1v) is 4.69. The third kappa shape index (κ3) is 1.34. The third-order valence-electron chi connectivity index (χ3n) is 1.80. The maximum Gasteiger partial charge on any atom is 0.475 e. The van der Waals surface area contributed by atoms with Crippen LogP contribution >= 0.6 is 11.3 Å². The minimum absolute atomic E-state index is 0.705. The van der Waals surface area contributed by atoms with E-state index >= 15 is 0 Å². The van der Waals surface area contributed by atoms with E-state index in [1.54, 1.807) is 0 Å². The minimum Gasteiger partial charge on any atom is -0.423 e. The summed E-state index contributed by atoms with van der Waals surface area (Å²) >= 11 is 0.705. The normalized spacial score (nSPS) is 24.9. The summed E-state index contributed by atoms with van der Waals surface area (Å²) in [4.78, 5) is 0. The van der Waals surface area contributed by atoms with E-state index in [9.17, 15) is 26.3 Å². The summed E-state index contributed by atoms with van der Waals surface area (Å²) in [6.45, 7) is 0. The predicted molar refractivity (Wildman–Crippen MR) is 40.4 cm³/mol. The second-order valence-corrected chi connectivity index (χ2v) is 3.66. The molecule has 0 unspecified atom stereocenters. The molecular weight excluding hydrogens is 262 g/mol. The summed E-state index contributed by atoms with van der Waals surface area (Å²) < 4.78 is 83.6. The van der Waals surface area contributed by atoms with Crippen molar-refractivity contribution in [1.82, 2.24) is 0 Å². The molecule has 0 amide bonds. The van der Waals surface area contributed by atoms with Crippen LogP contribution in [0.25, 0.3) is 0 Å². The number of ether oxygens (including phenoxy) is 2. The van der Waals surface area contributed by atoms with Gasteiger partial charge in [-0.05, 0) is 0 Å². The van der Waals surface area contributed by atoms with Gasteiger partial charge in [0.05, 0.1) is 0 Å². The van der Waals surface area contributed by atoms with Gasteiger partial charge in [0.1, 0.15) is 0 Å². The van der Waals surface area contributed by atoms with Gasteiger partial charge in [-0.25, -0.2) is 0 Å². The van der Waals surface area contributed by atoms with Gasteiger partial charge in [-0.15, -0.1) is 11.3 Å². The third-order valence-corrected chi connectivity index (χ3v) is 2.50. The smallest absolute Gasteiger partial charge is 0.423 e. The average molecular weight is 264 g/mol. The fraction of sp³-hybridized carbons (Fsp3) is 0.429. The standard InChI is InChI=1S/C7H2F6O2S/c8-5(9)6(10,11)14-3-1-16-2-4(3)15-7(5,12)13/h1-2H. The molecule has 1 aromatic rings. The van der Waals surface area contributed by atoms with Crippen molar-refractivity contribution in [2.45, 2.75) is 18.1 Å². The fourth-order valence-corrected chi connectivity index (χ4v) is 1.64. The lowest BCUT2D eigenvalue weighted by molar-refractivity contribution is -0.407. The molecule has 2 heterocycles. The van der Waals surface area contributed by atoms with Crippen LogP contribution in [0.15, 0.2) is 10.8 Å². The Bertz CT molecular complexity index is 380. The molecule has 0 fully saturated rings. The van der Waals surface area contributed by atoms with Crippen LogP contribution in [-0.4, -0.2) is 18.1 Å². The highest BCUT2D eigenvalue weighted by molar-refractivity contribution is 7.08. The van der Waals surface area contributed by atoms with E-state index in [0.717, 1.165) is 10.8 Å². The summed E-state index contributed by atoms with van der Waals surface area (Å²) in [5.41, 5.74) is 0. The molecule has 0 spiro atoms. The Hall–Kier alpha value is -1.12. The van der Waals surface area contributed by atoms with Gasteiger partial charge in [0.25, 0.3) is 0 Å². The number of rotatable bonds is 0. The molecule has 1 aliphatic rings. The first kappa shape index (κ1) is 11.4. The summed E-state index contributed by atoms with van der Waals surface area (Å²) in [7, 11) is 0. The van der Waals surface area contributed by atoms with E-state index < -0.39 is 29.6 Å². The monoisotopic (exact) mass is 264 g/mol. The Labute approximate surface area is 88.4 Å². The minimum atomic E-state index is -5.75. The molecule has 0 aliphatic carbocycles. The average Bonchev–Trinajstić information content (AvgIpc) is 2.48. The summed E-state index contributed by atoms with van der Waals surface area (Å²) in [5, 5.41) is 1.72. The highest BCUT2D eigenvalue weighted by Crippen LogP contribution is 2.52.